The van der Waals surface area contributed by atoms with Gasteiger partial charge in [-0.15, -0.1) is 11.3 Å². The molecular weight excluding hydrogens is 190 g/mol. The van der Waals surface area contributed by atoms with E-state index in [4.69, 9.17) is 16.9 Å². The Morgan fingerprint density at radius 1 is 1.50 bits per heavy atom. The molecule has 1 unspecified atom stereocenters. The molecular formula is C9H10ClNS. The highest BCUT2D eigenvalue weighted by atomic mass is 35.5. The highest BCUT2D eigenvalue weighted by Crippen LogP contribution is 2.31. The van der Waals surface area contributed by atoms with Gasteiger partial charge in [-0.2, -0.15) is 5.26 Å². The Morgan fingerprint density at radius 2 is 2.17 bits per heavy atom. The van der Waals surface area contributed by atoms with Crippen LogP contribution in [0.1, 0.15) is 24.6 Å². The molecule has 1 heterocycles. The van der Waals surface area contributed by atoms with Gasteiger partial charge in [0.05, 0.1) is 16.3 Å². The summed E-state index contributed by atoms with van der Waals surface area (Å²) in [7, 11) is 0. The zero-order chi connectivity index (χ0) is 9.14. The van der Waals surface area contributed by atoms with Crippen LogP contribution in [0.4, 0.5) is 0 Å². The van der Waals surface area contributed by atoms with Gasteiger partial charge in [-0.25, -0.2) is 0 Å². The van der Waals surface area contributed by atoms with Crippen LogP contribution in [0.2, 0.25) is 4.34 Å². The zero-order valence-corrected chi connectivity index (χ0v) is 8.62. The van der Waals surface area contributed by atoms with Gasteiger partial charge >= 0.3 is 0 Å². The Morgan fingerprint density at radius 3 is 2.50 bits per heavy atom. The predicted molar refractivity (Wildman–Crippen MR) is 52.5 cm³/mol. The van der Waals surface area contributed by atoms with Crippen molar-refractivity contribution >= 4 is 22.9 Å². The highest BCUT2D eigenvalue weighted by molar-refractivity contribution is 7.16. The van der Waals surface area contributed by atoms with Crippen molar-refractivity contribution < 1.29 is 0 Å². The minimum absolute atomic E-state index is 0.0116. The fourth-order valence-corrected chi connectivity index (χ4v) is 2.32. The van der Waals surface area contributed by atoms with E-state index in [2.05, 4.69) is 6.07 Å². The van der Waals surface area contributed by atoms with Crippen LogP contribution >= 0.6 is 22.9 Å². The Kier molecular flexibility index (Phi) is 3.13. The number of hydrogen-bond acceptors (Lipinski definition) is 2. The van der Waals surface area contributed by atoms with Gasteiger partial charge in [-0.1, -0.05) is 25.4 Å². The van der Waals surface area contributed by atoms with Crippen molar-refractivity contribution in [3.05, 3.63) is 21.3 Å². The van der Waals surface area contributed by atoms with Gasteiger partial charge in [0.25, 0.3) is 0 Å². The molecule has 1 rings (SSSR count). The first-order chi connectivity index (χ1) is 5.65. The monoisotopic (exact) mass is 199 g/mol. The maximum absolute atomic E-state index is 8.87. The lowest BCUT2D eigenvalue weighted by molar-refractivity contribution is 0.594. The van der Waals surface area contributed by atoms with E-state index in [9.17, 15) is 0 Å². The van der Waals surface area contributed by atoms with Crippen LogP contribution in [0.5, 0.6) is 0 Å². The van der Waals surface area contributed by atoms with E-state index < -0.39 is 0 Å². The summed E-state index contributed by atoms with van der Waals surface area (Å²) in [5.74, 6) is 0.340. The van der Waals surface area contributed by atoms with Crippen molar-refractivity contribution in [2.75, 3.05) is 0 Å². The standard InChI is InChI=1S/C9H10ClNS/c1-6(2)7(5-11)8-3-4-9(10)12-8/h3-4,6-7H,1-2H3. The van der Waals surface area contributed by atoms with Crippen molar-refractivity contribution in [2.45, 2.75) is 19.8 Å². The summed E-state index contributed by atoms with van der Waals surface area (Å²) in [6.45, 7) is 4.09. The van der Waals surface area contributed by atoms with Crippen LogP contribution < -0.4 is 0 Å². The third kappa shape index (κ3) is 2.00. The molecule has 0 N–H and O–H groups in total. The third-order valence-corrected chi connectivity index (χ3v) is 3.02. The molecule has 0 amide bonds. The molecule has 0 fully saturated rings. The molecule has 64 valence electrons. The second-order valence-corrected chi connectivity index (χ2v) is 4.74. The topological polar surface area (TPSA) is 23.8 Å². The molecule has 0 saturated heterocycles. The largest absolute Gasteiger partial charge is 0.198 e. The number of nitriles is 1. The van der Waals surface area contributed by atoms with Crippen LogP contribution in [0.3, 0.4) is 0 Å². The van der Waals surface area contributed by atoms with Crippen molar-refractivity contribution in [1.29, 1.82) is 5.26 Å². The molecule has 0 aliphatic carbocycles. The summed E-state index contributed by atoms with van der Waals surface area (Å²) in [5, 5.41) is 8.87. The fourth-order valence-electron chi connectivity index (χ4n) is 1.04. The summed E-state index contributed by atoms with van der Waals surface area (Å²) in [6.07, 6.45) is 0. The first kappa shape index (κ1) is 9.57. The van der Waals surface area contributed by atoms with Gasteiger partial charge in [0, 0.05) is 4.88 Å². The number of halogens is 1. The minimum Gasteiger partial charge on any atom is -0.198 e. The lowest BCUT2D eigenvalue weighted by Crippen LogP contribution is -2.01. The van der Waals surface area contributed by atoms with E-state index in [1.807, 2.05) is 26.0 Å². The van der Waals surface area contributed by atoms with Gasteiger partial charge in [0.1, 0.15) is 0 Å². The lowest BCUT2D eigenvalue weighted by Gasteiger charge is -2.09. The SMILES string of the molecule is CC(C)C(C#N)c1ccc(Cl)s1. The highest BCUT2D eigenvalue weighted by Gasteiger charge is 2.16. The predicted octanol–water partition coefficient (Wildman–Crippen LogP) is 3.66. The van der Waals surface area contributed by atoms with Gasteiger partial charge in [-0.3, -0.25) is 0 Å². The lowest BCUT2D eigenvalue weighted by atomic mass is 9.96. The Hall–Kier alpha value is -0.520. The molecule has 1 aromatic heterocycles. The second-order valence-electron chi connectivity index (χ2n) is 2.99. The van der Waals surface area contributed by atoms with Crippen LogP contribution in [0.25, 0.3) is 0 Å². The molecule has 1 atom stereocenters. The van der Waals surface area contributed by atoms with Gasteiger partial charge < -0.3 is 0 Å². The molecule has 0 spiro atoms. The van der Waals surface area contributed by atoms with Gasteiger partial charge in [-0.05, 0) is 18.1 Å². The van der Waals surface area contributed by atoms with Crippen molar-refractivity contribution in [2.24, 2.45) is 5.92 Å². The van der Waals surface area contributed by atoms with Gasteiger partial charge in [0.15, 0.2) is 0 Å². The molecule has 3 heteroatoms. The minimum atomic E-state index is -0.0116. The smallest absolute Gasteiger partial charge is 0.0931 e. The molecule has 0 aromatic carbocycles. The van der Waals surface area contributed by atoms with Crippen LogP contribution in [0, 0.1) is 17.2 Å². The van der Waals surface area contributed by atoms with Gasteiger partial charge in [0.2, 0.25) is 0 Å². The maximum Gasteiger partial charge on any atom is 0.0931 e. The average Bonchev–Trinajstić information content (AvgIpc) is 2.37. The Bertz CT molecular complexity index is 298. The quantitative estimate of drug-likeness (QED) is 0.713. The Labute approximate surface area is 81.6 Å². The Balaban J connectivity index is 2.89. The molecule has 12 heavy (non-hydrogen) atoms. The van der Waals surface area contributed by atoms with E-state index in [0.29, 0.717) is 5.92 Å². The van der Waals surface area contributed by atoms with E-state index >= 15 is 0 Å². The van der Waals surface area contributed by atoms with E-state index in [1.165, 1.54) is 11.3 Å². The summed E-state index contributed by atoms with van der Waals surface area (Å²) >= 11 is 7.27. The molecule has 0 aliphatic heterocycles. The molecule has 0 aliphatic rings. The average molecular weight is 200 g/mol. The molecule has 0 saturated carbocycles. The van der Waals surface area contributed by atoms with Crippen LogP contribution in [0.15, 0.2) is 12.1 Å². The first-order valence-electron chi connectivity index (χ1n) is 3.80. The normalized spacial score (nSPS) is 12.9. The fraction of sp³-hybridized carbons (Fsp3) is 0.444. The molecule has 0 radical (unpaired) electrons. The number of hydrogen-bond donors (Lipinski definition) is 0. The second kappa shape index (κ2) is 3.93. The summed E-state index contributed by atoms with van der Waals surface area (Å²) in [5.41, 5.74) is 0. The zero-order valence-electron chi connectivity index (χ0n) is 7.04. The van der Waals surface area contributed by atoms with Crippen molar-refractivity contribution in [3.8, 4) is 6.07 Å². The number of rotatable bonds is 2. The molecule has 1 aromatic rings. The van der Waals surface area contributed by atoms with E-state index in [0.717, 1.165) is 9.21 Å². The molecule has 0 bridgehead atoms. The van der Waals surface area contributed by atoms with Crippen molar-refractivity contribution in [1.82, 2.24) is 0 Å². The van der Waals surface area contributed by atoms with E-state index in [1.54, 1.807) is 0 Å². The van der Waals surface area contributed by atoms with Crippen LogP contribution in [-0.4, -0.2) is 0 Å². The summed E-state index contributed by atoms with van der Waals surface area (Å²) < 4.78 is 0.755. The van der Waals surface area contributed by atoms with Crippen LogP contribution in [-0.2, 0) is 0 Å². The third-order valence-electron chi connectivity index (χ3n) is 1.71. The summed E-state index contributed by atoms with van der Waals surface area (Å²) in [6, 6.07) is 6.06. The number of nitrogens with zero attached hydrogens (tertiary/aromatic N) is 1. The summed E-state index contributed by atoms with van der Waals surface area (Å²) in [4.78, 5) is 1.07. The first-order valence-corrected chi connectivity index (χ1v) is 4.99. The molecule has 1 nitrogen and oxygen atoms in total. The maximum atomic E-state index is 8.87. The van der Waals surface area contributed by atoms with Crippen molar-refractivity contribution in [3.63, 3.8) is 0 Å². The van der Waals surface area contributed by atoms with E-state index in [-0.39, 0.29) is 5.92 Å². The number of thiophene rings is 1.